The first-order valence-electron chi connectivity index (χ1n) is 5.36. The maximum atomic E-state index is 11.8. The Morgan fingerprint density at radius 2 is 1.86 bits per heavy atom. The van der Waals surface area contributed by atoms with Gasteiger partial charge in [0.2, 0.25) is 0 Å². The van der Waals surface area contributed by atoms with Crippen LogP contribution in [0.4, 0.5) is 0 Å². The molecule has 2 aliphatic rings. The Bertz CT molecular complexity index is 252. The number of hydrogen-bond donors (Lipinski definition) is 0. The van der Waals surface area contributed by atoms with Crippen LogP contribution in [0.5, 0.6) is 0 Å². The number of esters is 1. The molecule has 0 radical (unpaired) electrons. The first-order chi connectivity index (χ1) is 6.44. The second-order valence-electron chi connectivity index (χ2n) is 5.41. The molecule has 3 heteroatoms. The average molecular weight is 197 g/mol. The highest BCUT2D eigenvalue weighted by atomic mass is 16.6. The highest BCUT2D eigenvalue weighted by Gasteiger charge is 2.53. The van der Waals surface area contributed by atoms with Gasteiger partial charge in [-0.1, -0.05) is 0 Å². The van der Waals surface area contributed by atoms with Gasteiger partial charge in [-0.3, -0.25) is 4.79 Å². The van der Waals surface area contributed by atoms with Crippen molar-refractivity contribution in [2.75, 3.05) is 20.1 Å². The summed E-state index contributed by atoms with van der Waals surface area (Å²) in [5.74, 6) is 0.0376. The molecule has 0 atom stereocenters. The lowest BCUT2D eigenvalue weighted by molar-refractivity contribution is -0.153. The van der Waals surface area contributed by atoms with Crippen molar-refractivity contribution >= 4 is 5.97 Å². The smallest absolute Gasteiger partial charge is 0.312 e. The fraction of sp³-hybridized carbons (Fsp3) is 0.909. The Morgan fingerprint density at radius 3 is 2.29 bits per heavy atom. The van der Waals surface area contributed by atoms with Crippen LogP contribution in [0.15, 0.2) is 0 Å². The Labute approximate surface area is 85.4 Å². The molecule has 14 heavy (non-hydrogen) atoms. The van der Waals surface area contributed by atoms with Crippen LogP contribution >= 0.6 is 0 Å². The zero-order chi connectivity index (χ0) is 10.4. The van der Waals surface area contributed by atoms with Crippen molar-refractivity contribution < 1.29 is 9.53 Å². The fourth-order valence-electron chi connectivity index (χ4n) is 2.71. The van der Waals surface area contributed by atoms with Gasteiger partial charge in [0, 0.05) is 6.42 Å². The van der Waals surface area contributed by atoms with E-state index in [0.717, 1.165) is 32.4 Å². The molecular formula is C11H19NO2. The first-order valence-corrected chi connectivity index (χ1v) is 5.36. The summed E-state index contributed by atoms with van der Waals surface area (Å²) >= 11 is 0. The summed E-state index contributed by atoms with van der Waals surface area (Å²) in [6, 6.07) is 0. The van der Waals surface area contributed by atoms with Gasteiger partial charge in [-0.2, -0.15) is 0 Å². The van der Waals surface area contributed by atoms with E-state index in [4.69, 9.17) is 4.74 Å². The zero-order valence-electron chi connectivity index (χ0n) is 9.30. The lowest BCUT2D eigenvalue weighted by Gasteiger charge is -2.34. The van der Waals surface area contributed by atoms with Crippen LogP contribution < -0.4 is 0 Å². The predicted octanol–water partition coefficient (Wildman–Crippen LogP) is 1.42. The summed E-state index contributed by atoms with van der Waals surface area (Å²) in [5.41, 5.74) is -0.400. The van der Waals surface area contributed by atoms with Crippen LogP contribution in [-0.4, -0.2) is 36.6 Å². The number of carbonyl (C=O) groups is 1. The normalized spacial score (nSPS) is 30.6. The highest BCUT2D eigenvalue weighted by Crippen LogP contribution is 2.46. The van der Waals surface area contributed by atoms with Crippen molar-refractivity contribution in [3.05, 3.63) is 0 Å². The van der Waals surface area contributed by atoms with Crippen molar-refractivity contribution in [3.8, 4) is 0 Å². The molecule has 2 fully saturated rings. The van der Waals surface area contributed by atoms with Crippen molar-refractivity contribution in [2.45, 2.75) is 38.7 Å². The van der Waals surface area contributed by atoms with Gasteiger partial charge >= 0.3 is 5.97 Å². The molecule has 0 aromatic heterocycles. The van der Waals surface area contributed by atoms with Crippen LogP contribution in [0, 0.1) is 5.41 Å². The monoisotopic (exact) mass is 197 g/mol. The topological polar surface area (TPSA) is 29.5 Å². The van der Waals surface area contributed by atoms with Gasteiger partial charge in [0.15, 0.2) is 0 Å². The molecule has 2 saturated heterocycles. The first kappa shape index (κ1) is 9.97. The molecule has 3 nitrogen and oxygen atoms in total. The van der Waals surface area contributed by atoms with E-state index < -0.39 is 0 Å². The van der Waals surface area contributed by atoms with E-state index in [1.165, 1.54) is 0 Å². The Kier molecular flexibility index (Phi) is 2.11. The van der Waals surface area contributed by atoms with Crippen LogP contribution in [0.1, 0.15) is 33.1 Å². The highest BCUT2D eigenvalue weighted by molar-refractivity contribution is 5.79. The lowest BCUT2D eigenvalue weighted by Crippen LogP contribution is -2.40. The number of carbonyl (C=O) groups excluding carboxylic acids is 1. The molecule has 0 saturated carbocycles. The van der Waals surface area contributed by atoms with E-state index in [2.05, 4.69) is 11.9 Å². The molecule has 0 bridgehead atoms. The third-order valence-electron chi connectivity index (χ3n) is 3.51. The van der Waals surface area contributed by atoms with Gasteiger partial charge in [0.05, 0.1) is 5.41 Å². The maximum absolute atomic E-state index is 11.8. The van der Waals surface area contributed by atoms with E-state index >= 15 is 0 Å². The van der Waals surface area contributed by atoms with Crippen LogP contribution in [0.2, 0.25) is 0 Å². The molecule has 2 heterocycles. The molecule has 2 rings (SSSR count). The number of piperidine rings is 1. The summed E-state index contributed by atoms with van der Waals surface area (Å²) in [7, 11) is 2.11. The van der Waals surface area contributed by atoms with Crippen LogP contribution in [0.3, 0.4) is 0 Å². The SMILES string of the molecule is CN1CCC2(CC1)CC(C)(C)OC2=O. The maximum Gasteiger partial charge on any atom is 0.312 e. The number of hydrogen-bond acceptors (Lipinski definition) is 3. The number of likely N-dealkylation sites (tertiary alicyclic amines) is 1. The standard InChI is InChI=1S/C11H19NO2/c1-10(2)8-11(9(13)14-10)4-6-12(3)7-5-11/h4-8H2,1-3H3. The van der Waals surface area contributed by atoms with E-state index in [9.17, 15) is 4.79 Å². The number of ether oxygens (including phenoxy) is 1. The van der Waals surface area contributed by atoms with Crippen LogP contribution in [0.25, 0.3) is 0 Å². The second kappa shape index (κ2) is 2.96. The van der Waals surface area contributed by atoms with Gasteiger partial charge in [-0.15, -0.1) is 0 Å². The quantitative estimate of drug-likeness (QED) is 0.550. The second-order valence-corrected chi connectivity index (χ2v) is 5.41. The summed E-state index contributed by atoms with van der Waals surface area (Å²) < 4.78 is 5.42. The molecule has 0 aromatic carbocycles. The summed E-state index contributed by atoms with van der Waals surface area (Å²) in [4.78, 5) is 14.1. The Balaban J connectivity index is 2.14. The van der Waals surface area contributed by atoms with Crippen LogP contribution in [-0.2, 0) is 9.53 Å². The summed E-state index contributed by atoms with van der Waals surface area (Å²) in [5, 5.41) is 0. The molecule has 0 amide bonds. The van der Waals surface area contributed by atoms with E-state index in [1.54, 1.807) is 0 Å². The lowest BCUT2D eigenvalue weighted by atomic mass is 9.74. The zero-order valence-corrected chi connectivity index (χ0v) is 9.30. The molecule has 2 aliphatic heterocycles. The molecule has 80 valence electrons. The minimum atomic E-state index is -0.243. The van der Waals surface area contributed by atoms with Crippen molar-refractivity contribution in [3.63, 3.8) is 0 Å². The minimum Gasteiger partial charge on any atom is -0.459 e. The van der Waals surface area contributed by atoms with E-state index in [-0.39, 0.29) is 17.0 Å². The molecular weight excluding hydrogens is 178 g/mol. The number of nitrogens with zero attached hydrogens (tertiary/aromatic N) is 1. The van der Waals surface area contributed by atoms with Crippen molar-refractivity contribution in [1.29, 1.82) is 0 Å². The predicted molar refractivity (Wildman–Crippen MR) is 54.0 cm³/mol. The Hall–Kier alpha value is -0.570. The molecule has 0 unspecified atom stereocenters. The third kappa shape index (κ3) is 1.54. The number of rotatable bonds is 0. The average Bonchev–Trinajstić information content (AvgIpc) is 2.29. The molecule has 1 spiro atoms. The van der Waals surface area contributed by atoms with E-state index in [0.29, 0.717) is 0 Å². The fourth-order valence-corrected chi connectivity index (χ4v) is 2.71. The molecule has 0 N–H and O–H groups in total. The number of cyclic esters (lactones) is 1. The van der Waals surface area contributed by atoms with E-state index in [1.807, 2.05) is 13.8 Å². The largest absolute Gasteiger partial charge is 0.459 e. The summed E-state index contributed by atoms with van der Waals surface area (Å²) in [6.07, 6.45) is 2.82. The van der Waals surface area contributed by atoms with Crippen molar-refractivity contribution in [2.24, 2.45) is 5.41 Å². The van der Waals surface area contributed by atoms with Gasteiger partial charge in [-0.05, 0) is 46.8 Å². The summed E-state index contributed by atoms with van der Waals surface area (Å²) in [6.45, 7) is 6.06. The molecule has 0 aliphatic carbocycles. The van der Waals surface area contributed by atoms with Gasteiger partial charge in [0.1, 0.15) is 5.60 Å². The van der Waals surface area contributed by atoms with Gasteiger partial charge in [-0.25, -0.2) is 0 Å². The molecule has 0 aromatic rings. The Morgan fingerprint density at radius 1 is 1.29 bits per heavy atom. The minimum absolute atomic E-state index is 0.0376. The third-order valence-corrected chi connectivity index (χ3v) is 3.51. The van der Waals surface area contributed by atoms with Crippen molar-refractivity contribution in [1.82, 2.24) is 4.90 Å². The van der Waals surface area contributed by atoms with Gasteiger partial charge in [0.25, 0.3) is 0 Å². The van der Waals surface area contributed by atoms with Gasteiger partial charge < -0.3 is 9.64 Å².